The van der Waals surface area contributed by atoms with Crippen LogP contribution in [0.3, 0.4) is 0 Å². The maximum absolute atomic E-state index is 14.5. The van der Waals surface area contributed by atoms with Gasteiger partial charge in [-0.1, -0.05) is 11.3 Å². The summed E-state index contributed by atoms with van der Waals surface area (Å²) in [5.74, 6) is -1.05. The van der Waals surface area contributed by atoms with E-state index in [1.807, 2.05) is 0 Å². The van der Waals surface area contributed by atoms with E-state index in [9.17, 15) is 29.8 Å². The largest absolute Gasteiger partial charge is 0.497 e. The summed E-state index contributed by atoms with van der Waals surface area (Å²) in [4.78, 5) is 15.8. The highest BCUT2D eigenvalue weighted by molar-refractivity contribution is 5.98. The average Bonchev–Trinajstić information content (AvgIpc) is 3.70. The van der Waals surface area contributed by atoms with Crippen LogP contribution in [0.25, 0.3) is 11.3 Å². The smallest absolute Gasteiger partial charge is 0.259 e. The lowest BCUT2D eigenvalue weighted by atomic mass is 9.91. The van der Waals surface area contributed by atoms with Crippen LogP contribution in [0.4, 0.5) is 10.1 Å². The highest BCUT2D eigenvalue weighted by Gasteiger charge is 2.52. The molecule has 1 aliphatic heterocycles. The molecule has 1 saturated heterocycles. The Morgan fingerprint density at radius 3 is 2.59 bits per heavy atom. The van der Waals surface area contributed by atoms with Crippen molar-refractivity contribution in [3.8, 4) is 29.1 Å². The third-order valence-corrected chi connectivity index (χ3v) is 8.13. The van der Waals surface area contributed by atoms with E-state index in [2.05, 4.69) is 16.4 Å². The Labute approximate surface area is 252 Å². The zero-order valence-electron chi connectivity index (χ0n) is 23.9. The number of rotatable bonds is 8. The number of hydrogen-bond acceptors (Lipinski definition) is 11. The number of carbonyl (C=O) groups is 1. The number of benzene rings is 2. The molecule has 2 aliphatic rings. The maximum Gasteiger partial charge on any atom is 0.259 e. The number of aliphatic hydroxyl groups excluding tert-OH is 3. The van der Waals surface area contributed by atoms with Crippen molar-refractivity contribution in [1.29, 1.82) is 10.5 Å². The molecular formula is C30H31FN6O7. The molecule has 14 heteroatoms. The Balaban J connectivity index is 1.55. The molecule has 13 nitrogen and oxygen atoms in total. The third-order valence-electron chi connectivity index (χ3n) is 8.13. The summed E-state index contributed by atoms with van der Waals surface area (Å²) in [5.41, 5.74) is 0.934. The van der Waals surface area contributed by atoms with Crippen LogP contribution in [-0.4, -0.2) is 93.6 Å². The van der Waals surface area contributed by atoms with Crippen LogP contribution in [-0.2, 0) is 14.3 Å². The van der Waals surface area contributed by atoms with E-state index in [-0.39, 0.29) is 16.8 Å². The van der Waals surface area contributed by atoms with Crippen molar-refractivity contribution < 1.29 is 38.7 Å². The number of nitriles is 2. The second-order valence-corrected chi connectivity index (χ2v) is 10.7. The molecule has 3 aromatic rings. The van der Waals surface area contributed by atoms with Crippen molar-refractivity contribution in [3.63, 3.8) is 0 Å². The molecule has 0 spiro atoms. The monoisotopic (exact) mass is 606 g/mol. The van der Waals surface area contributed by atoms with Gasteiger partial charge in [-0.15, -0.1) is 5.10 Å². The number of nitrogens with zero attached hydrogens (tertiary/aromatic N) is 6. The van der Waals surface area contributed by atoms with Gasteiger partial charge in [0.05, 0.1) is 49.3 Å². The highest BCUT2D eigenvalue weighted by atomic mass is 19.1. The summed E-state index contributed by atoms with van der Waals surface area (Å²) in [6.07, 6.45) is -3.07. The summed E-state index contributed by atoms with van der Waals surface area (Å²) in [5, 5.41) is 59.1. The minimum atomic E-state index is -1.41. The molecule has 44 heavy (non-hydrogen) atoms. The van der Waals surface area contributed by atoms with Crippen LogP contribution < -0.4 is 9.64 Å². The van der Waals surface area contributed by atoms with Gasteiger partial charge in [-0.2, -0.15) is 10.5 Å². The fraction of sp³-hybridized carbons (Fsp3) is 0.433. The Kier molecular flexibility index (Phi) is 9.20. The summed E-state index contributed by atoms with van der Waals surface area (Å²) in [6, 6.07) is 10.6. The molecule has 2 fully saturated rings. The van der Waals surface area contributed by atoms with Gasteiger partial charge < -0.3 is 34.4 Å². The maximum atomic E-state index is 14.5. The van der Waals surface area contributed by atoms with Gasteiger partial charge in [0.1, 0.15) is 47.7 Å². The Bertz CT molecular complexity index is 1600. The van der Waals surface area contributed by atoms with E-state index in [4.69, 9.17) is 19.5 Å². The van der Waals surface area contributed by atoms with E-state index in [0.29, 0.717) is 36.3 Å². The minimum Gasteiger partial charge on any atom is -0.497 e. The average molecular weight is 607 g/mol. The summed E-state index contributed by atoms with van der Waals surface area (Å²) in [6.45, 7) is -0.649. The molecule has 1 aliphatic carbocycles. The van der Waals surface area contributed by atoms with Crippen molar-refractivity contribution in [2.75, 3.05) is 25.7 Å². The molecular weight excluding hydrogens is 575 g/mol. The molecule has 230 valence electrons. The van der Waals surface area contributed by atoms with Crippen LogP contribution in [0.15, 0.2) is 42.6 Å². The number of carbonyl (C=O) groups excluding carboxylic acids is 1. The normalized spacial score (nSPS) is 26.5. The predicted molar refractivity (Wildman–Crippen MR) is 151 cm³/mol. The molecule has 2 heterocycles. The third kappa shape index (κ3) is 5.74. The number of aromatic nitrogens is 3. The lowest BCUT2D eigenvalue weighted by Crippen LogP contribution is -2.62. The van der Waals surface area contributed by atoms with Crippen molar-refractivity contribution in [3.05, 3.63) is 59.5 Å². The second kappa shape index (κ2) is 13.1. The topological polar surface area (TPSA) is 187 Å². The van der Waals surface area contributed by atoms with E-state index in [1.165, 1.54) is 54.3 Å². The van der Waals surface area contributed by atoms with Crippen LogP contribution in [0.1, 0.15) is 36.4 Å². The molecule has 5 rings (SSSR count). The number of aliphatic hydroxyl groups is 3. The van der Waals surface area contributed by atoms with Gasteiger partial charge in [0.25, 0.3) is 5.91 Å². The summed E-state index contributed by atoms with van der Waals surface area (Å²) >= 11 is 0. The lowest BCUT2D eigenvalue weighted by Gasteiger charge is -2.45. The van der Waals surface area contributed by atoms with Gasteiger partial charge in [-0.05, 0) is 43.5 Å². The van der Waals surface area contributed by atoms with E-state index < -0.39 is 60.9 Å². The quantitative estimate of drug-likeness (QED) is 0.337. The first-order valence-electron chi connectivity index (χ1n) is 13.9. The first kappa shape index (κ1) is 31.0. The van der Waals surface area contributed by atoms with Gasteiger partial charge in [0, 0.05) is 24.4 Å². The Morgan fingerprint density at radius 2 is 1.98 bits per heavy atom. The van der Waals surface area contributed by atoms with Gasteiger partial charge in [-0.25, -0.2) is 9.07 Å². The first-order chi connectivity index (χ1) is 21.2. The van der Waals surface area contributed by atoms with Gasteiger partial charge in [0.15, 0.2) is 6.10 Å². The van der Waals surface area contributed by atoms with Gasteiger partial charge in [-0.3, -0.25) is 4.79 Å². The van der Waals surface area contributed by atoms with Crippen LogP contribution >= 0.6 is 0 Å². The fourth-order valence-corrected chi connectivity index (χ4v) is 5.93. The highest BCUT2D eigenvalue weighted by Crippen LogP contribution is 2.37. The molecule has 0 radical (unpaired) electrons. The molecule has 1 amide bonds. The van der Waals surface area contributed by atoms with Crippen LogP contribution in [0, 0.1) is 28.5 Å². The zero-order chi connectivity index (χ0) is 31.5. The molecule has 0 bridgehead atoms. The summed E-state index contributed by atoms with van der Waals surface area (Å²) < 4.78 is 32.7. The first-order valence-corrected chi connectivity index (χ1v) is 13.9. The van der Waals surface area contributed by atoms with E-state index in [1.54, 1.807) is 12.1 Å². The molecule has 1 saturated carbocycles. The number of methoxy groups -OCH3 is 2. The molecule has 2 aromatic carbocycles. The number of amides is 1. The second-order valence-electron chi connectivity index (χ2n) is 10.7. The van der Waals surface area contributed by atoms with E-state index in [0.717, 1.165) is 6.07 Å². The standard InChI is InChI=1S/C30H31FN6O7/c1-42-20-9-16(12-32)8-19(11-20)37(23-4-3-5-24(23)39)30(41)29-28(43-2)26(27(40)25(15-38)44-29)36-14-22(34-35-36)17-6-7-18(13-33)21(31)10-17/h6-11,14,23-29,38-40H,3-5,15H2,1-2H3/t23-,24-,25+,26-,27-,28+,29+/m0/s1. The predicted octanol–water partition coefficient (Wildman–Crippen LogP) is 1.46. The minimum absolute atomic E-state index is 0.137. The molecule has 7 atom stereocenters. The zero-order valence-corrected chi connectivity index (χ0v) is 23.9. The number of hydrogen-bond donors (Lipinski definition) is 3. The number of halogens is 1. The molecule has 1 aromatic heterocycles. The fourth-order valence-electron chi connectivity index (χ4n) is 5.93. The van der Waals surface area contributed by atoms with E-state index >= 15 is 0 Å². The van der Waals surface area contributed by atoms with Gasteiger partial charge in [0.2, 0.25) is 0 Å². The number of ether oxygens (including phenoxy) is 3. The Morgan fingerprint density at radius 1 is 1.18 bits per heavy atom. The van der Waals surface area contributed by atoms with Crippen LogP contribution in [0.5, 0.6) is 5.75 Å². The van der Waals surface area contributed by atoms with Crippen LogP contribution in [0.2, 0.25) is 0 Å². The van der Waals surface area contributed by atoms with Gasteiger partial charge >= 0.3 is 0 Å². The van der Waals surface area contributed by atoms with Crippen molar-refractivity contribution >= 4 is 11.6 Å². The molecule has 3 N–H and O–H groups in total. The Hall–Kier alpha value is -4.44. The number of anilines is 1. The lowest BCUT2D eigenvalue weighted by molar-refractivity contribution is -0.211. The SMILES string of the molecule is COc1cc(C#N)cc(N(C(=O)[C@@H]2O[C@H](CO)[C@H](O)[C@H](n3cc(-c4ccc(C#N)c(F)c4)nn3)[C@H]2OC)[C@H]2CCC[C@@H]2O)c1. The van der Waals surface area contributed by atoms with Crippen molar-refractivity contribution in [1.82, 2.24) is 15.0 Å². The summed E-state index contributed by atoms with van der Waals surface area (Å²) in [7, 11) is 2.76. The van der Waals surface area contributed by atoms with Crippen molar-refractivity contribution in [2.45, 2.75) is 61.9 Å². The molecule has 0 unspecified atom stereocenters. The van der Waals surface area contributed by atoms with Crippen molar-refractivity contribution in [2.24, 2.45) is 0 Å².